The van der Waals surface area contributed by atoms with Gasteiger partial charge in [-0.2, -0.15) is 0 Å². The molecule has 0 aromatic heterocycles. The molecule has 108 valence electrons. The lowest BCUT2D eigenvalue weighted by molar-refractivity contribution is -0.146. The van der Waals surface area contributed by atoms with E-state index in [1.54, 1.807) is 35.2 Å². The van der Waals surface area contributed by atoms with Crippen molar-refractivity contribution in [2.45, 2.75) is 11.7 Å². The molecule has 5 nitrogen and oxygen atoms in total. The zero-order valence-electron chi connectivity index (χ0n) is 10.9. The molecular weight excluding hydrogens is 294 g/mol. The molecule has 1 aromatic carbocycles. The Hall–Kier alpha value is -1.85. The van der Waals surface area contributed by atoms with Crippen molar-refractivity contribution in [1.82, 2.24) is 0 Å². The molecule has 3 aliphatic heterocycles. The summed E-state index contributed by atoms with van der Waals surface area (Å²) in [7, 11) is 0. The van der Waals surface area contributed by atoms with Gasteiger partial charge in [0.2, 0.25) is 5.91 Å². The van der Waals surface area contributed by atoms with E-state index in [1.807, 2.05) is 6.08 Å². The zero-order valence-corrected chi connectivity index (χ0v) is 11.7. The molecule has 21 heavy (non-hydrogen) atoms. The number of aliphatic carboxylic acids is 1. The number of hydrogen-bond acceptors (Lipinski definition) is 3. The highest BCUT2D eigenvalue weighted by Gasteiger charge is 2.67. The summed E-state index contributed by atoms with van der Waals surface area (Å²) in [6, 6.07) is 6.92. The minimum Gasteiger partial charge on any atom is -0.481 e. The van der Waals surface area contributed by atoms with Crippen molar-refractivity contribution in [3.63, 3.8) is 0 Å². The van der Waals surface area contributed by atoms with Gasteiger partial charge in [0, 0.05) is 10.7 Å². The van der Waals surface area contributed by atoms with Gasteiger partial charge in [0.15, 0.2) is 0 Å². The second kappa shape index (κ2) is 4.08. The number of nitrogens with zero attached hydrogens (tertiary/aromatic N) is 1. The molecule has 3 heterocycles. The van der Waals surface area contributed by atoms with Crippen molar-refractivity contribution in [3.8, 4) is 0 Å². The SMILES string of the molecule is O=C(O)[C@@H]1[C@H]2C=C[C@@]3(CN(c4ccc(Cl)cc4)C(=O)[C@@H]13)O2. The molecule has 0 saturated carbocycles. The third-order valence-electron chi connectivity index (χ3n) is 4.52. The maximum absolute atomic E-state index is 12.7. The number of carbonyl (C=O) groups is 2. The molecule has 1 spiro atoms. The van der Waals surface area contributed by atoms with Gasteiger partial charge >= 0.3 is 5.97 Å². The van der Waals surface area contributed by atoms with E-state index < -0.39 is 29.5 Å². The Kier molecular flexibility index (Phi) is 2.50. The Morgan fingerprint density at radius 2 is 2.10 bits per heavy atom. The van der Waals surface area contributed by atoms with E-state index >= 15 is 0 Å². The Labute approximate surface area is 125 Å². The molecule has 4 atom stereocenters. The summed E-state index contributed by atoms with van der Waals surface area (Å²) in [5.74, 6) is -2.64. The first-order chi connectivity index (χ1) is 10.0. The van der Waals surface area contributed by atoms with Crippen LogP contribution in [0.5, 0.6) is 0 Å². The van der Waals surface area contributed by atoms with E-state index in [0.717, 1.165) is 0 Å². The van der Waals surface area contributed by atoms with Crippen molar-refractivity contribution in [1.29, 1.82) is 0 Å². The van der Waals surface area contributed by atoms with Crippen LogP contribution in [-0.4, -0.2) is 35.2 Å². The third kappa shape index (κ3) is 1.61. The lowest BCUT2D eigenvalue weighted by Crippen LogP contribution is -2.39. The van der Waals surface area contributed by atoms with Gasteiger partial charge in [0.05, 0.1) is 18.6 Å². The first kappa shape index (κ1) is 12.9. The summed E-state index contributed by atoms with van der Waals surface area (Å²) in [5.41, 5.74) is -0.0949. The maximum atomic E-state index is 12.7. The van der Waals surface area contributed by atoms with Crippen LogP contribution in [0.1, 0.15) is 0 Å². The molecule has 2 bridgehead atoms. The molecule has 1 N–H and O–H groups in total. The topological polar surface area (TPSA) is 66.8 Å². The molecule has 6 heteroatoms. The van der Waals surface area contributed by atoms with Gasteiger partial charge in [-0.25, -0.2) is 0 Å². The normalized spacial score (nSPS) is 36.3. The number of rotatable bonds is 2. The highest BCUT2D eigenvalue weighted by atomic mass is 35.5. The predicted octanol–water partition coefficient (Wildman–Crippen LogP) is 1.71. The molecule has 4 rings (SSSR count). The Balaban J connectivity index is 1.73. The molecule has 2 fully saturated rings. The lowest BCUT2D eigenvalue weighted by atomic mass is 9.77. The number of halogens is 1. The van der Waals surface area contributed by atoms with E-state index in [0.29, 0.717) is 17.3 Å². The smallest absolute Gasteiger partial charge is 0.310 e. The number of benzene rings is 1. The van der Waals surface area contributed by atoms with Gasteiger partial charge in [-0.05, 0) is 24.3 Å². The number of carboxylic acid groups (broad SMARTS) is 1. The highest BCUT2D eigenvalue weighted by molar-refractivity contribution is 6.30. The largest absolute Gasteiger partial charge is 0.481 e. The van der Waals surface area contributed by atoms with Crippen LogP contribution in [0.15, 0.2) is 36.4 Å². The number of carbonyl (C=O) groups excluding carboxylic acids is 1. The summed E-state index contributed by atoms with van der Waals surface area (Å²) in [6.07, 6.45) is 3.10. The lowest BCUT2D eigenvalue weighted by Gasteiger charge is -2.21. The summed E-state index contributed by atoms with van der Waals surface area (Å²) >= 11 is 5.86. The standard InChI is InChI=1S/C15H12ClNO4/c16-8-1-3-9(4-2-8)17-7-15-6-5-10(21-15)11(14(19)20)12(15)13(17)18/h1-6,10-12H,7H2,(H,19,20)/t10-,11-,12-,15+/m1/s1. The monoisotopic (exact) mass is 305 g/mol. The number of hydrogen-bond donors (Lipinski definition) is 1. The third-order valence-corrected chi connectivity index (χ3v) is 4.78. The van der Waals surface area contributed by atoms with Gasteiger partial charge in [-0.15, -0.1) is 0 Å². The summed E-state index contributed by atoms with van der Waals surface area (Å²) in [4.78, 5) is 25.7. The Morgan fingerprint density at radius 3 is 2.76 bits per heavy atom. The van der Waals surface area contributed by atoms with Crippen molar-refractivity contribution >= 4 is 29.2 Å². The van der Waals surface area contributed by atoms with Gasteiger partial charge in [0.25, 0.3) is 0 Å². The fourth-order valence-corrected chi connectivity index (χ4v) is 3.75. The summed E-state index contributed by atoms with van der Waals surface area (Å²) in [6.45, 7) is 0.342. The molecular formula is C15H12ClNO4. The van der Waals surface area contributed by atoms with Crippen molar-refractivity contribution in [2.24, 2.45) is 11.8 Å². The van der Waals surface area contributed by atoms with Gasteiger partial charge in [0.1, 0.15) is 11.5 Å². The molecule has 0 aliphatic carbocycles. The number of amides is 1. The first-order valence-corrected chi connectivity index (χ1v) is 7.07. The summed E-state index contributed by atoms with van der Waals surface area (Å²) in [5, 5.41) is 9.98. The van der Waals surface area contributed by atoms with Crippen LogP contribution in [0.3, 0.4) is 0 Å². The van der Waals surface area contributed by atoms with Gasteiger partial charge < -0.3 is 14.7 Å². The van der Waals surface area contributed by atoms with E-state index in [9.17, 15) is 14.7 Å². The quantitative estimate of drug-likeness (QED) is 0.845. The van der Waals surface area contributed by atoms with Crippen LogP contribution >= 0.6 is 11.6 Å². The number of carboxylic acids is 1. The molecule has 3 aliphatic rings. The highest BCUT2D eigenvalue weighted by Crippen LogP contribution is 2.52. The second-order valence-corrected chi connectivity index (χ2v) is 6.08. The van der Waals surface area contributed by atoms with Crippen LogP contribution < -0.4 is 4.90 Å². The number of ether oxygens (including phenoxy) is 1. The fraction of sp³-hybridized carbons (Fsp3) is 0.333. The van der Waals surface area contributed by atoms with Crippen molar-refractivity contribution < 1.29 is 19.4 Å². The second-order valence-electron chi connectivity index (χ2n) is 5.64. The van der Waals surface area contributed by atoms with Crippen LogP contribution in [0.4, 0.5) is 5.69 Å². The van der Waals surface area contributed by atoms with E-state index in [1.165, 1.54) is 0 Å². The number of fused-ring (bicyclic) bond motifs is 1. The first-order valence-electron chi connectivity index (χ1n) is 6.69. The van der Waals surface area contributed by atoms with Crippen molar-refractivity contribution in [3.05, 3.63) is 41.4 Å². The van der Waals surface area contributed by atoms with Gasteiger partial charge in [-0.1, -0.05) is 23.8 Å². The zero-order chi connectivity index (χ0) is 14.8. The molecule has 0 unspecified atom stereocenters. The molecule has 0 radical (unpaired) electrons. The average Bonchev–Trinajstić information content (AvgIpc) is 3.08. The van der Waals surface area contributed by atoms with Crippen LogP contribution in [-0.2, 0) is 14.3 Å². The van der Waals surface area contributed by atoms with E-state index in [-0.39, 0.29) is 5.91 Å². The Bertz CT molecular complexity index is 671. The average molecular weight is 306 g/mol. The van der Waals surface area contributed by atoms with E-state index in [4.69, 9.17) is 16.3 Å². The molecule has 2 saturated heterocycles. The van der Waals surface area contributed by atoms with E-state index in [2.05, 4.69) is 0 Å². The number of anilines is 1. The minimum atomic E-state index is -0.984. The fourth-order valence-electron chi connectivity index (χ4n) is 3.62. The van der Waals surface area contributed by atoms with Crippen molar-refractivity contribution in [2.75, 3.05) is 11.4 Å². The van der Waals surface area contributed by atoms with Crippen LogP contribution in [0.25, 0.3) is 0 Å². The minimum absolute atomic E-state index is 0.198. The Morgan fingerprint density at radius 1 is 1.38 bits per heavy atom. The van der Waals surface area contributed by atoms with Crippen LogP contribution in [0, 0.1) is 11.8 Å². The maximum Gasteiger partial charge on any atom is 0.310 e. The predicted molar refractivity (Wildman–Crippen MR) is 75.2 cm³/mol. The van der Waals surface area contributed by atoms with Gasteiger partial charge in [-0.3, -0.25) is 9.59 Å². The van der Waals surface area contributed by atoms with Crippen LogP contribution in [0.2, 0.25) is 5.02 Å². The summed E-state index contributed by atoms with van der Waals surface area (Å²) < 4.78 is 5.82. The molecule has 1 aromatic rings. The molecule has 1 amide bonds.